The SMILES string of the molecule is CCN(CC(=O)O)C(=O)C1CC1c1ccc(F)cc1. The minimum Gasteiger partial charge on any atom is -0.480 e. The standard InChI is InChI=1S/C14H16FNO3/c1-2-16(8-13(17)18)14(19)12-7-11(12)9-3-5-10(15)6-4-9/h3-6,11-12H,2,7-8H2,1H3,(H,17,18). The van der Waals surface area contributed by atoms with Crippen molar-refractivity contribution in [3.63, 3.8) is 0 Å². The van der Waals surface area contributed by atoms with Gasteiger partial charge >= 0.3 is 5.97 Å². The predicted molar refractivity (Wildman–Crippen MR) is 67.1 cm³/mol. The Morgan fingerprint density at radius 2 is 2.00 bits per heavy atom. The van der Waals surface area contributed by atoms with Gasteiger partial charge in [-0.3, -0.25) is 9.59 Å². The molecule has 2 atom stereocenters. The van der Waals surface area contributed by atoms with Gasteiger partial charge in [-0.1, -0.05) is 12.1 Å². The number of rotatable bonds is 5. The molecule has 4 nitrogen and oxygen atoms in total. The Labute approximate surface area is 110 Å². The van der Waals surface area contributed by atoms with Crippen LogP contribution < -0.4 is 0 Å². The van der Waals surface area contributed by atoms with Crippen molar-refractivity contribution in [2.24, 2.45) is 5.92 Å². The number of carbonyl (C=O) groups is 2. The highest BCUT2D eigenvalue weighted by atomic mass is 19.1. The van der Waals surface area contributed by atoms with Crippen molar-refractivity contribution in [1.29, 1.82) is 0 Å². The number of carboxylic acid groups (broad SMARTS) is 1. The van der Waals surface area contributed by atoms with E-state index in [9.17, 15) is 14.0 Å². The van der Waals surface area contributed by atoms with Crippen molar-refractivity contribution in [2.45, 2.75) is 19.3 Å². The zero-order valence-corrected chi connectivity index (χ0v) is 10.7. The number of nitrogens with zero attached hydrogens (tertiary/aromatic N) is 1. The average molecular weight is 265 g/mol. The van der Waals surface area contributed by atoms with Crippen LogP contribution in [0.5, 0.6) is 0 Å². The van der Waals surface area contributed by atoms with Crippen LogP contribution in [0, 0.1) is 11.7 Å². The van der Waals surface area contributed by atoms with Crippen LogP contribution in [0.2, 0.25) is 0 Å². The average Bonchev–Trinajstić information content (AvgIpc) is 3.16. The van der Waals surface area contributed by atoms with Crippen LogP contribution in [-0.2, 0) is 9.59 Å². The molecule has 1 N–H and O–H groups in total. The van der Waals surface area contributed by atoms with Gasteiger partial charge in [-0.05, 0) is 37.0 Å². The molecule has 0 saturated heterocycles. The number of carboxylic acids is 1. The smallest absolute Gasteiger partial charge is 0.323 e. The molecule has 0 aromatic heterocycles. The highest BCUT2D eigenvalue weighted by Gasteiger charge is 2.45. The maximum atomic E-state index is 12.8. The van der Waals surface area contributed by atoms with Crippen LogP contribution in [0.15, 0.2) is 24.3 Å². The lowest BCUT2D eigenvalue weighted by Crippen LogP contribution is -2.36. The third-order valence-corrected chi connectivity index (χ3v) is 3.43. The maximum absolute atomic E-state index is 12.8. The van der Waals surface area contributed by atoms with E-state index < -0.39 is 5.97 Å². The number of amides is 1. The molecular formula is C14H16FNO3. The van der Waals surface area contributed by atoms with E-state index >= 15 is 0 Å². The molecule has 2 unspecified atom stereocenters. The van der Waals surface area contributed by atoms with E-state index in [4.69, 9.17) is 5.11 Å². The normalized spacial score (nSPS) is 20.9. The molecule has 1 aliphatic carbocycles. The second-order valence-corrected chi connectivity index (χ2v) is 4.75. The van der Waals surface area contributed by atoms with Gasteiger partial charge < -0.3 is 10.0 Å². The lowest BCUT2D eigenvalue weighted by Gasteiger charge is -2.18. The Morgan fingerprint density at radius 1 is 1.37 bits per heavy atom. The highest BCUT2D eigenvalue weighted by Crippen LogP contribution is 2.48. The number of likely N-dealkylation sites (N-methyl/N-ethyl adjacent to an activating group) is 1. The molecule has 0 heterocycles. The molecule has 1 aliphatic rings. The van der Waals surface area contributed by atoms with Crippen molar-refractivity contribution in [3.05, 3.63) is 35.6 Å². The third kappa shape index (κ3) is 3.10. The van der Waals surface area contributed by atoms with Crippen molar-refractivity contribution in [3.8, 4) is 0 Å². The first-order valence-electron chi connectivity index (χ1n) is 6.29. The zero-order chi connectivity index (χ0) is 14.0. The molecular weight excluding hydrogens is 249 g/mol. The second kappa shape index (κ2) is 5.38. The molecule has 1 saturated carbocycles. The number of halogens is 1. The van der Waals surface area contributed by atoms with E-state index in [1.807, 2.05) is 0 Å². The number of aliphatic carboxylic acids is 1. The molecule has 0 radical (unpaired) electrons. The first-order chi connectivity index (χ1) is 9.02. The molecule has 19 heavy (non-hydrogen) atoms. The van der Waals surface area contributed by atoms with E-state index in [0.717, 1.165) is 5.56 Å². The van der Waals surface area contributed by atoms with Gasteiger partial charge in [0.2, 0.25) is 5.91 Å². The van der Waals surface area contributed by atoms with Crippen LogP contribution >= 0.6 is 0 Å². The largest absolute Gasteiger partial charge is 0.480 e. The van der Waals surface area contributed by atoms with Crippen molar-refractivity contribution in [1.82, 2.24) is 4.90 Å². The van der Waals surface area contributed by atoms with Gasteiger partial charge in [0, 0.05) is 12.5 Å². The van der Waals surface area contributed by atoms with Crippen LogP contribution in [0.1, 0.15) is 24.8 Å². The summed E-state index contributed by atoms with van der Waals surface area (Å²) in [5.74, 6) is -1.50. The lowest BCUT2D eigenvalue weighted by molar-refractivity contribution is -0.144. The van der Waals surface area contributed by atoms with Crippen LogP contribution in [0.25, 0.3) is 0 Å². The predicted octanol–water partition coefficient (Wildman–Crippen LogP) is 1.86. The fourth-order valence-electron chi connectivity index (χ4n) is 2.29. The number of benzene rings is 1. The summed E-state index contributed by atoms with van der Waals surface area (Å²) in [7, 11) is 0. The Kier molecular flexibility index (Phi) is 3.83. The van der Waals surface area contributed by atoms with Crippen molar-refractivity contribution < 1.29 is 19.1 Å². The first kappa shape index (κ1) is 13.5. The molecule has 0 spiro atoms. The summed E-state index contributed by atoms with van der Waals surface area (Å²) in [6.07, 6.45) is 0.709. The van der Waals surface area contributed by atoms with Gasteiger partial charge in [0.1, 0.15) is 12.4 Å². The third-order valence-electron chi connectivity index (χ3n) is 3.43. The summed E-state index contributed by atoms with van der Waals surface area (Å²) in [6, 6.07) is 6.12. The van der Waals surface area contributed by atoms with Crippen molar-refractivity contribution >= 4 is 11.9 Å². The lowest BCUT2D eigenvalue weighted by atomic mass is 10.1. The Bertz CT molecular complexity index is 486. The zero-order valence-electron chi connectivity index (χ0n) is 10.7. The van der Waals surface area contributed by atoms with Gasteiger partial charge in [0.15, 0.2) is 0 Å². The van der Waals surface area contributed by atoms with Gasteiger partial charge in [-0.25, -0.2) is 4.39 Å². The highest BCUT2D eigenvalue weighted by molar-refractivity contribution is 5.86. The molecule has 1 aromatic rings. The number of hydrogen-bond donors (Lipinski definition) is 1. The molecule has 0 bridgehead atoms. The minimum absolute atomic E-state index is 0.0935. The molecule has 1 amide bonds. The molecule has 0 aliphatic heterocycles. The summed E-state index contributed by atoms with van der Waals surface area (Å²) in [5.41, 5.74) is 0.936. The Balaban J connectivity index is 1.99. The molecule has 2 rings (SSSR count). The van der Waals surface area contributed by atoms with Gasteiger partial charge in [-0.2, -0.15) is 0 Å². The molecule has 1 aromatic carbocycles. The fourth-order valence-corrected chi connectivity index (χ4v) is 2.29. The quantitative estimate of drug-likeness (QED) is 0.884. The van der Waals surface area contributed by atoms with E-state index in [2.05, 4.69) is 0 Å². The van der Waals surface area contributed by atoms with E-state index in [1.54, 1.807) is 19.1 Å². The number of carbonyl (C=O) groups excluding carboxylic acids is 1. The van der Waals surface area contributed by atoms with Crippen LogP contribution in [-0.4, -0.2) is 35.0 Å². The number of hydrogen-bond acceptors (Lipinski definition) is 2. The summed E-state index contributed by atoms with van der Waals surface area (Å²) in [4.78, 5) is 24.1. The molecule has 1 fully saturated rings. The Morgan fingerprint density at radius 3 is 2.53 bits per heavy atom. The summed E-state index contributed by atoms with van der Waals surface area (Å²) >= 11 is 0. The monoisotopic (exact) mass is 265 g/mol. The summed E-state index contributed by atoms with van der Waals surface area (Å²) in [5, 5.41) is 8.74. The molecule has 5 heteroatoms. The topological polar surface area (TPSA) is 57.6 Å². The van der Waals surface area contributed by atoms with Crippen molar-refractivity contribution in [2.75, 3.05) is 13.1 Å². The summed E-state index contributed by atoms with van der Waals surface area (Å²) in [6.45, 7) is 1.88. The first-order valence-corrected chi connectivity index (χ1v) is 6.29. The van der Waals surface area contributed by atoms with Gasteiger partial charge in [0.25, 0.3) is 0 Å². The van der Waals surface area contributed by atoms with Gasteiger partial charge in [0.05, 0.1) is 0 Å². The Hall–Kier alpha value is -1.91. The van der Waals surface area contributed by atoms with Crippen LogP contribution in [0.4, 0.5) is 4.39 Å². The second-order valence-electron chi connectivity index (χ2n) is 4.75. The summed E-state index contributed by atoms with van der Waals surface area (Å²) < 4.78 is 12.8. The molecule has 102 valence electrons. The van der Waals surface area contributed by atoms with Gasteiger partial charge in [-0.15, -0.1) is 0 Å². The van der Waals surface area contributed by atoms with E-state index in [1.165, 1.54) is 17.0 Å². The minimum atomic E-state index is -1.01. The fraction of sp³-hybridized carbons (Fsp3) is 0.429. The van der Waals surface area contributed by atoms with E-state index in [-0.39, 0.29) is 30.1 Å². The maximum Gasteiger partial charge on any atom is 0.323 e. The van der Waals surface area contributed by atoms with Crippen LogP contribution in [0.3, 0.4) is 0 Å². The van der Waals surface area contributed by atoms with E-state index in [0.29, 0.717) is 13.0 Å².